The minimum absolute atomic E-state index is 1.02. The molecule has 0 amide bonds. The Hall–Kier alpha value is -2.02. The second kappa shape index (κ2) is 6.23. The van der Waals surface area contributed by atoms with Crippen molar-refractivity contribution in [1.29, 1.82) is 0 Å². The number of rotatable bonds is 5. The molecule has 0 unspecified atom stereocenters. The van der Waals surface area contributed by atoms with Crippen molar-refractivity contribution in [3.63, 3.8) is 0 Å². The number of aromatic amines is 1. The maximum absolute atomic E-state index is 3.39. The lowest BCUT2D eigenvalue weighted by Crippen LogP contribution is -2.10. The van der Waals surface area contributed by atoms with E-state index in [0.717, 1.165) is 5.92 Å². The number of H-pyrrole nitrogens is 1. The van der Waals surface area contributed by atoms with E-state index >= 15 is 0 Å². The molecular formula is C22H25N. The van der Waals surface area contributed by atoms with Crippen LogP contribution in [0.4, 0.5) is 0 Å². The Bertz CT molecular complexity index is 808. The molecule has 0 aliphatic heterocycles. The fourth-order valence-electron chi connectivity index (χ4n) is 3.78. The average molecular weight is 303 g/mol. The summed E-state index contributed by atoms with van der Waals surface area (Å²) in [5.41, 5.74) is 6.83. The molecule has 0 spiro atoms. The third-order valence-electron chi connectivity index (χ3n) is 5.53. The molecular weight excluding hydrogens is 278 g/mol. The van der Waals surface area contributed by atoms with Crippen molar-refractivity contribution in [3.05, 3.63) is 59.8 Å². The highest BCUT2D eigenvalue weighted by molar-refractivity contribution is 5.95. The Morgan fingerprint density at radius 1 is 1.09 bits per heavy atom. The molecule has 0 atom stereocenters. The molecule has 2 aromatic carbocycles. The van der Waals surface area contributed by atoms with Crippen LogP contribution in [0.1, 0.15) is 43.2 Å². The molecule has 1 heterocycles. The number of aromatic nitrogens is 1. The molecule has 1 N–H and O–H groups in total. The molecule has 0 radical (unpaired) electrons. The first-order valence-corrected chi connectivity index (χ1v) is 8.97. The molecule has 1 heteroatoms. The van der Waals surface area contributed by atoms with Crippen LogP contribution < -0.4 is 0 Å². The quantitative estimate of drug-likeness (QED) is 0.572. The summed E-state index contributed by atoms with van der Waals surface area (Å²) in [6.45, 7) is 2.25. The van der Waals surface area contributed by atoms with Crippen molar-refractivity contribution in [2.45, 2.75) is 45.4 Å². The number of nitrogens with one attached hydrogen (secondary N) is 1. The molecule has 1 saturated carbocycles. The Balaban J connectivity index is 1.58. The van der Waals surface area contributed by atoms with Crippen molar-refractivity contribution in [3.8, 4) is 11.1 Å². The van der Waals surface area contributed by atoms with E-state index in [0.29, 0.717) is 0 Å². The topological polar surface area (TPSA) is 15.8 Å². The highest BCUT2D eigenvalue weighted by Gasteiger charge is 2.16. The molecule has 23 heavy (non-hydrogen) atoms. The minimum atomic E-state index is 1.02. The second-order valence-electron chi connectivity index (χ2n) is 7.08. The van der Waals surface area contributed by atoms with Gasteiger partial charge in [-0.3, -0.25) is 0 Å². The van der Waals surface area contributed by atoms with Gasteiger partial charge >= 0.3 is 0 Å². The van der Waals surface area contributed by atoms with Gasteiger partial charge in [0.25, 0.3) is 0 Å². The van der Waals surface area contributed by atoms with Crippen molar-refractivity contribution in [1.82, 2.24) is 4.98 Å². The van der Waals surface area contributed by atoms with Crippen LogP contribution in [0.15, 0.2) is 48.7 Å². The first-order chi connectivity index (χ1) is 11.3. The largest absolute Gasteiger partial charge is 0.361 e. The summed E-state index contributed by atoms with van der Waals surface area (Å²) in [5, 5.41) is 1.32. The molecule has 118 valence electrons. The predicted molar refractivity (Wildman–Crippen MR) is 98.8 cm³/mol. The Kier molecular flexibility index (Phi) is 3.95. The summed E-state index contributed by atoms with van der Waals surface area (Å²) >= 11 is 0. The summed E-state index contributed by atoms with van der Waals surface area (Å²) in [6, 6.07) is 15.5. The maximum Gasteiger partial charge on any atom is 0.0460 e. The van der Waals surface area contributed by atoms with Crippen molar-refractivity contribution < 1.29 is 0 Å². The van der Waals surface area contributed by atoms with Gasteiger partial charge in [-0.1, -0.05) is 62.1 Å². The number of hydrogen-bond acceptors (Lipinski definition) is 0. The Labute approximate surface area is 138 Å². The average Bonchev–Trinajstić information content (AvgIpc) is 2.95. The van der Waals surface area contributed by atoms with E-state index in [2.05, 4.69) is 60.6 Å². The lowest BCUT2D eigenvalue weighted by molar-refractivity contribution is 0.290. The number of para-hydroxylation sites is 1. The monoisotopic (exact) mass is 303 g/mol. The molecule has 1 aliphatic rings. The van der Waals surface area contributed by atoms with E-state index in [9.17, 15) is 0 Å². The SMILES string of the molecule is Cc1ccc(-c2c[nH]c3ccccc23)cc1CCCC1CCC1. The van der Waals surface area contributed by atoms with Gasteiger partial charge in [-0.2, -0.15) is 0 Å². The zero-order valence-electron chi connectivity index (χ0n) is 13.9. The Morgan fingerprint density at radius 2 is 1.96 bits per heavy atom. The zero-order chi connectivity index (χ0) is 15.6. The molecule has 1 nitrogen and oxygen atoms in total. The molecule has 1 fully saturated rings. The second-order valence-corrected chi connectivity index (χ2v) is 7.08. The lowest BCUT2D eigenvalue weighted by atomic mass is 9.81. The molecule has 0 saturated heterocycles. The number of hydrogen-bond donors (Lipinski definition) is 1. The van der Waals surface area contributed by atoms with Crippen LogP contribution in [0.3, 0.4) is 0 Å². The summed E-state index contributed by atoms with van der Waals surface area (Å²) in [5.74, 6) is 1.02. The van der Waals surface area contributed by atoms with Gasteiger partial charge in [0.2, 0.25) is 0 Å². The van der Waals surface area contributed by atoms with Crippen LogP contribution >= 0.6 is 0 Å². The molecule has 1 aromatic heterocycles. The standard InChI is InChI=1S/C22H25N/c1-16-12-13-19(14-18(16)9-5-8-17-6-4-7-17)21-15-23-22-11-3-2-10-20(21)22/h2-3,10-15,17,23H,4-9H2,1H3. The highest BCUT2D eigenvalue weighted by atomic mass is 14.7. The van der Waals surface area contributed by atoms with Crippen molar-refractivity contribution in [2.24, 2.45) is 5.92 Å². The maximum atomic E-state index is 3.39. The summed E-state index contributed by atoms with van der Waals surface area (Å²) in [6.07, 6.45) is 10.5. The molecule has 1 aliphatic carbocycles. The third kappa shape index (κ3) is 2.93. The van der Waals surface area contributed by atoms with Crippen LogP contribution in [0.5, 0.6) is 0 Å². The van der Waals surface area contributed by atoms with Gasteiger partial charge in [0, 0.05) is 22.7 Å². The van der Waals surface area contributed by atoms with Crippen molar-refractivity contribution >= 4 is 10.9 Å². The van der Waals surface area contributed by atoms with Crippen LogP contribution in [0, 0.1) is 12.8 Å². The van der Waals surface area contributed by atoms with Crippen LogP contribution in [0.25, 0.3) is 22.0 Å². The zero-order valence-corrected chi connectivity index (χ0v) is 13.9. The predicted octanol–water partition coefficient (Wildman–Crippen LogP) is 6.27. The van der Waals surface area contributed by atoms with Gasteiger partial charge in [-0.25, -0.2) is 0 Å². The number of aryl methyl sites for hydroxylation is 2. The van der Waals surface area contributed by atoms with Gasteiger partial charge in [0.15, 0.2) is 0 Å². The fourth-order valence-corrected chi connectivity index (χ4v) is 3.78. The number of benzene rings is 2. The molecule has 3 aromatic rings. The van der Waals surface area contributed by atoms with E-state index in [-0.39, 0.29) is 0 Å². The van der Waals surface area contributed by atoms with Gasteiger partial charge in [0.05, 0.1) is 0 Å². The minimum Gasteiger partial charge on any atom is -0.361 e. The summed E-state index contributed by atoms with van der Waals surface area (Å²) in [7, 11) is 0. The normalized spacial score (nSPS) is 15.0. The summed E-state index contributed by atoms with van der Waals surface area (Å²) < 4.78 is 0. The van der Waals surface area contributed by atoms with Gasteiger partial charge in [-0.05, 0) is 48.4 Å². The highest BCUT2D eigenvalue weighted by Crippen LogP contribution is 2.32. The number of fused-ring (bicyclic) bond motifs is 1. The van der Waals surface area contributed by atoms with E-state index < -0.39 is 0 Å². The molecule has 0 bridgehead atoms. The van der Waals surface area contributed by atoms with Gasteiger partial charge < -0.3 is 4.98 Å². The van der Waals surface area contributed by atoms with Crippen molar-refractivity contribution in [2.75, 3.05) is 0 Å². The third-order valence-corrected chi connectivity index (χ3v) is 5.53. The smallest absolute Gasteiger partial charge is 0.0460 e. The Morgan fingerprint density at radius 3 is 2.78 bits per heavy atom. The first-order valence-electron chi connectivity index (χ1n) is 8.97. The first kappa shape index (κ1) is 14.6. The van der Waals surface area contributed by atoms with Crippen LogP contribution in [-0.2, 0) is 6.42 Å². The van der Waals surface area contributed by atoms with E-state index in [1.165, 1.54) is 71.7 Å². The summed E-state index contributed by atoms with van der Waals surface area (Å²) in [4.78, 5) is 3.39. The lowest BCUT2D eigenvalue weighted by Gasteiger charge is -2.25. The van der Waals surface area contributed by atoms with E-state index in [1.54, 1.807) is 0 Å². The van der Waals surface area contributed by atoms with E-state index in [1.807, 2.05) is 0 Å². The fraction of sp³-hybridized carbons (Fsp3) is 0.364. The van der Waals surface area contributed by atoms with Crippen LogP contribution in [-0.4, -0.2) is 4.98 Å². The molecule has 4 rings (SSSR count). The van der Waals surface area contributed by atoms with Gasteiger partial charge in [-0.15, -0.1) is 0 Å². The van der Waals surface area contributed by atoms with Crippen LogP contribution in [0.2, 0.25) is 0 Å². The van der Waals surface area contributed by atoms with Gasteiger partial charge in [0.1, 0.15) is 0 Å². The van der Waals surface area contributed by atoms with E-state index in [4.69, 9.17) is 0 Å².